The SMILES string of the molecule is c1ccc(-c2cc(-c3ccccc3)c3c4ccccc4c4cc(N(c5ccc6ccccc6c5)c5cnccn5)ccc4c3c2-c2ccccc2)cc1. The minimum Gasteiger partial charge on any atom is -0.294 e. The average Bonchev–Trinajstić information content (AvgIpc) is 3.24. The lowest BCUT2D eigenvalue weighted by Crippen LogP contribution is -2.11. The van der Waals surface area contributed by atoms with Crippen molar-refractivity contribution in [2.45, 2.75) is 0 Å². The van der Waals surface area contributed by atoms with Gasteiger partial charge >= 0.3 is 0 Å². The molecule has 0 fully saturated rings. The molecule has 1 aromatic heterocycles. The first kappa shape index (κ1) is 30.7. The van der Waals surface area contributed by atoms with Crippen LogP contribution in [0.2, 0.25) is 0 Å². The number of aromatic nitrogens is 2. The molecule has 0 unspecified atom stereocenters. The number of hydrogen-bond donors (Lipinski definition) is 0. The predicted molar refractivity (Wildman–Crippen MR) is 223 cm³/mol. The molecule has 0 spiro atoms. The Morgan fingerprint density at radius 1 is 0.377 bits per heavy atom. The highest BCUT2D eigenvalue weighted by molar-refractivity contribution is 6.33. The van der Waals surface area contributed by atoms with Crippen molar-refractivity contribution in [3.63, 3.8) is 0 Å². The fraction of sp³-hybridized carbons (Fsp3) is 0. The first-order valence-electron chi connectivity index (χ1n) is 18.0. The van der Waals surface area contributed by atoms with Crippen LogP contribution in [0.4, 0.5) is 17.2 Å². The van der Waals surface area contributed by atoms with Gasteiger partial charge in [-0.05, 0) is 107 Å². The molecule has 0 radical (unpaired) electrons. The van der Waals surface area contributed by atoms with Crippen LogP contribution in [0.3, 0.4) is 0 Å². The van der Waals surface area contributed by atoms with Crippen LogP contribution < -0.4 is 4.90 Å². The Morgan fingerprint density at radius 2 is 0.962 bits per heavy atom. The van der Waals surface area contributed by atoms with E-state index in [4.69, 9.17) is 4.98 Å². The van der Waals surface area contributed by atoms with Gasteiger partial charge < -0.3 is 0 Å². The fourth-order valence-corrected chi connectivity index (χ4v) is 8.01. The second-order valence-corrected chi connectivity index (χ2v) is 13.4. The van der Waals surface area contributed by atoms with Crippen LogP contribution in [0.1, 0.15) is 0 Å². The van der Waals surface area contributed by atoms with Crippen LogP contribution >= 0.6 is 0 Å². The van der Waals surface area contributed by atoms with Gasteiger partial charge in [-0.2, -0.15) is 0 Å². The van der Waals surface area contributed by atoms with Crippen molar-refractivity contribution in [1.29, 1.82) is 0 Å². The molecule has 53 heavy (non-hydrogen) atoms. The molecule has 10 aromatic rings. The third kappa shape index (κ3) is 5.30. The van der Waals surface area contributed by atoms with Crippen molar-refractivity contribution in [1.82, 2.24) is 9.97 Å². The van der Waals surface area contributed by atoms with E-state index in [1.165, 1.54) is 76.5 Å². The zero-order chi connectivity index (χ0) is 35.1. The van der Waals surface area contributed by atoms with Gasteiger partial charge in [-0.1, -0.05) is 152 Å². The maximum absolute atomic E-state index is 4.81. The van der Waals surface area contributed by atoms with Crippen molar-refractivity contribution in [2.75, 3.05) is 4.90 Å². The topological polar surface area (TPSA) is 29.0 Å². The van der Waals surface area contributed by atoms with E-state index in [9.17, 15) is 0 Å². The summed E-state index contributed by atoms with van der Waals surface area (Å²) in [4.78, 5) is 11.5. The Bertz CT molecular complexity index is 2920. The Morgan fingerprint density at radius 3 is 1.68 bits per heavy atom. The van der Waals surface area contributed by atoms with Crippen LogP contribution in [0, 0.1) is 0 Å². The highest BCUT2D eigenvalue weighted by Gasteiger charge is 2.23. The molecule has 0 bridgehead atoms. The summed E-state index contributed by atoms with van der Waals surface area (Å²) < 4.78 is 0. The zero-order valence-corrected chi connectivity index (χ0v) is 28.9. The summed E-state index contributed by atoms with van der Waals surface area (Å²) in [6, 6.07) is 65.8. The van der Waals surface area contributed by atoms with Gasteiger partial charge in [-0.25, -0.2) is 4.98 Å². The summed E-state index contributed by atoms with van der Waals surface area (Å²) in [6.07, 6.45) is 5.32. The first-order valence-corrected chi connectivity index (χ1v) is 18.0. The highest BCUT2D eigenvalue weighted by atomic mass is 15.2. The molecule has 0 atom stereocenters. The van der Waals surface area contributed by atoms with Crippen molar-refractivity contribution in [3.05, 3.63) is 201 Å². The first-order chi connectivity index (χ1) is 26.3. The summed E-state index contributed by atoms with van der Waals surface area (Å²) in [5.74, 6) is 0.759. The minimum absolute atomic E-state index is 0.759. The summed E-state index contributed by atoms with van der Waals surface area (Å²) >= 11 is 0. The predicted octanol–water partition coefficient (Wildman–Crippen LogP) is 13.6. The summed E-state index contributed by atoms with van der Waals surface area (Å²) in [6.45, 7) is 0. The van der Waals surface area contributed by atoms with Gasteiger partial charge in [0.1, 0.15) is 0 Å². The Labute approximate surface area is 308 Å². The van der Waals surface area contributed by atoms with Crippen molar-refractivity contribution in [3.8, 4) is 33.4 Å². The molecular weight excluding hydrogens is 643 g/mol. The van der Waals surface area contributed by atoms with E-state index in [0.29, 0.717) is 0 Å². The summed E-state index contributed by atoms with van der Waals surface area (Å²) in [5, 5.41) is 9.68. The lowest BCUT2D eigenvalue weighted by molar-refractivity contribution is 1.13. The number of rotatable bonds is 6. The molecule has 0 saturated carbocycles. The monoisotopic (exact) mass is 675 g/mol. The second kappa shape index (κ2) is 12.9. The molecule has 0 aliphatic rings. The quantitative estimate of drug-likeness (QED) is 0.164. The van der Waals surface area contributed by atoms with Gasteiger partial charge in [0, 0.05) is 23.8 Å². The number of benzene rings is 9. The van der Waals surface area contributed by atoms with Crippen LogP contribution in [0.25, 0.3) is 76.5 Å². The minimum atomic E-state index is 0.759. The molecule has 3 nitrogen and oxygen atoms in total. The summed E-state index contributed by atoms with van der Waals surface area (Å²) in [5.41, 5.74) is 9.27. The molecule has 0 aliphatic carbocycles. The van der Waals surface area contributed by atoms with Gasteiger partial charge in [0.25, 0.3) is 0 Å². The Hall–Kier alpha value is -7.10. The molecule has 0 aliphatic heterocycles. The fourth-order valence-electron chi connectivity index (χ4n) is 8.01. The molecule has 248 valence electrons. The molecule has 1 heterocycles. The number of nitrogens with zero attached hydrogens (tertiary/aromatic N) is 3. The lowest BCUT2D eigenvalue weighted by atomic mass is 9.81. The molecular formula is C50H33N3. The Balaban J connectivity index is 1.35. The van der Waals surface area contributed by atoms with E-state index in [-0.39, 0.29) is 0 Å². The van der Waals surface area contributed by atoms with Crippen LogP contribution in [0.15, 0.2) is 201 Å². The van der Waals surface area contributed by atoms with Gasteiger partial charge in [0.2, 0.25) is 0 Å². The third-order valence-electron chi connectivity index (χ3n) is 10.3. The van der Waals surface area contributed by atoms with E-state index < -0.39 is 0 Å². The largest absolute Gasteiger partial charge is 0.294 e. The smallest absolute Gasteiger partial charge is 0.156 e. The van der Waals surface area contributed by atoms with Crippen LogP contribution in [-0.2, 0) is 0 Å². The van der Waals surface area contributed by atoms with Crippen LogP contribution in [0.5, 0.6) is 0 Å². The van der Waals surface area contributed by atoms with E-state index >= 15 is 0 Å². The molecule has 0 amide bonds. The third-order valence-corrected chi connectivity index (χ3v) is 10.3. The van der Waals surface area contributed by atoms with Crippen molar-refractivity contribution < 1.29 is 0 Å². The van der Waals surface area contributed by atoms with E-state index in [1.54, 1.807) is 12.4 Å². The van der Waals surface area contributed by atoms with E-state index in [2.05, 4.69) is 192 Å². The average molecular weight is 676 g/mol. The Kier molecular flexibility index (Phi) is 7.47. The van der Waals surface area contributed by atoms with Crippen molar-refractivity contribution >= 4 is 60.3 Å². The normalized spacial score (nSPS) is 11.4. The maximum atomic E-state index is 4.81. The standard InChI is InChI=1S/C50H33N3/c1-4-15-35(16-5-1)44-32-45(36-17-6-2-7-18-36)49-42-23-13-12-22-41(42)46-31-40(26-27-43(46)50(49)48(44)37-19-8-3-9-20-37)53(47-33-51-28-29-52-47)39-25-24-34-14-10-11-21-38(34)30-39/h1-33H. The maximum Gasteiger partial charge on any atom is 0.156 e. The van der Waals surface area contributed by atoms with Gasteiger partial charge in [0.15, 0.2) is 5.82 Å². The van der Waals surface area contributed by atoms with Crippen LogP contribution in [-0.4, -0.2) is 9.97 Å². The number of hydrogen-bond acceptors (Lipinski definition) is 3. The molecule has 9 aromatic carbocycles. The molecule has 0 N–H and O–H groups in total. The van der Waals surface area contributed by atoms with E-state index in [0.717, 1.165) is 17.2 Å². The lowest BCUT2D eigenvalue weighted by Gasteiger charge is -2.26. The zero-order valence-electron chi connectivity index (χ0n) is 28.9. The molecule has 0 saturated heterocycles. The van der Waals surface area contributed by atoms with Gasteiger partial charge in [0.05, 0.1) is 6.20 Å². The van der Waals surface area contributed by atoms with Gasteiger partial charge in [-0.15, -0.1) is 0 Å². The molecule has 3 heteroatoms. The second-order valence-electron chi connectivity index (χ2n) is 13.4. The highest BCUT2D eigenvalue weighted by Crippen LogP contribution is 2.50. The van der Waals surface area contributed by atoms with Crippen molar-refractivity contribution in [2.24, 2.45) is 0 Å². The molecule has 10 rings (SSSR count). The number of anilines is 3. The van der Waals surface area contributed by atoms with E-state index in [1.807, 2.05) is 6.20 Å². The summed E-state index contributed by atoms with van der Waals surface area (Å²) in [7, 11) is 0. The number of fused-ring (bicyclic) bond motifs is 7. The van der Waals surface area contributed by atoms with Gasteiger partial charge in [-0.3, -0.25) is 9.88 Å².